The Morgan fingerprint density at radius 2 is 2.00 bits per heavy atom. The molecule has 1 aliphatic rings. The standard InChI is InChI=1S/C18H13F2NO/c1-2-5-17(15-10-13(19)8-9-16(15)20)21-11-12-6-3-4-7-14(12)18(21)22/h1,3-4,6-10,17H,5,11H2. The maximum Gasteiger partial charge on any atom is 0.255 e. The summed E-state index contributed by atoms with van der Waals surface area (Å²) in [6, 6.07) is 9.73. The zero-order valence-corrected chi connectivity index (χ0v) is 11.7. The van der Waals surface area contributed by atoms with Crippen LogP contribution in [0.3, 0.4) is 0 Å². The number of fused-ring (bicyclic) bond motifs is 1. The van der Waals surface area contributed by atoms with Crippen LogP contribution >= 0.6 is 0 Å². The van der Waals surface area contributed by atoms with E-state index in [0.29, 0.717) is 12.1 Å². The molecular weight excluding hydrogens is 284 g/mol. The third kappa shape index (κ3) is 2.35. The predicted molar refractivity (Wildman–Crippen MR) is 78.9 cm³/mol. The van der Waals surface area contributed by atoms with Crippen molar-refractivity contribution in [3.8, 4) is 12.3 Å². The van der Waals surface area contributed by atoms with E-state index >= 15 is 0 Å². The highest BCUT2D eigenvalue weighted by molar-refractivity contribution is 5.98. The number of terminal acetylenes is 1. The maximum atomic E-state index is 14.1. The molecule has 2 aromatic rings. The summed E-state index contributed by atoms with van der Waals surface area (Å²) in [5.41, 5.74) is 1.56. The fourth-order valence-corrected chi connectivity index (χ4v) is 2.80. The first-order valence-electron chi connectivity index (χ1n) is 6.89. The summed E-state index contributed by atoms with van der Waals surface area (Å²) in [6.45, 7) is 0.345. The average Bonchev–Trinajstić information content (AvgIpc) is 2.85. The monoisotopic (exact) mass is 297 g/mol. The molecule has 0 spiro atoms. The van der Waals surface area contributed by atoms with Crippen LogP contribution in [0.4, 0.5) is 8.78 Å². The van der Waals surface area contributed by atoms with Gasteiger partial charge in [0.1, 0.15) is 11.6 Å². The number of hydrogen-bond donors (Lipinski definition) is 0. The smallest absolute Gasteiger partial charge is 0.255 e. The Kier molecular flexibility index (Phi) is 3.64. The molecule has 0 radical (unpaired) electrons. The lowest BCUT2D eigenvalue weighted by Crippen LogP contribution is -2.29. The summed E-state index contributed by atoms with van der Waals surface area (Å²) < 4.78 is 27.6. The summed E-state index contributed by atoms with van der Waals surface area (Å²) in [5, 5.41) is 0. The van der Waals surface area contributed by atoms with Gasteiger partial charge in [-0.25, -0.2) is 8.78 Å². The van der Waals surface area contributed by atoms with Crippen molar-refractivity contribution in [2.45, 2.75) is 19.0 Å². The molecular formula is C18H13F2NO. The summed E-state index contributed by atoms with van der Waals surface area (Å²) >= 11 is 0. The molecule has 0 bridgehead atoms. The first-order chi connectivity index (χ1) is 10.6. The SMILES string of the molecule is C#CCC(c1cc(F)ccc1F)N1Cc2ccccc2C1=O. The minimum atomic E-state index is -0.680. The Hall–Kier alpha value is -2.67. The van der Waals surface area contributed by atoms with Crippen molar-refractivity contribution in [1.82, 2.24) is 4.90 Å². The minimum absolute atomic E-state index is 0.110. The van der Waals surface area contributed by atoms with Crippen molar-refractivity contribution < 1.29 is 13.6 Å². The van der Waals surface area contributed by atoms with E-state index in [4.69, 9.17) is 6.42 Å². The Balaban J connectivity index is 2.02. The number of hydrogen-bond acceptors (Lipinski definition) is 1. The summed E-state index contributed by atoms with van der Waals surface area (Å²) in [4.78, 5) is 14.0. The van der Waals surface area contributed by atoms with Crippen molar-refractivity contribution in [2.24, 2.45) is 0 Å². The van der Waals surface area contributed by atoms with E-state index in [0.717, 1.165) is 23.8 Å². The molecule has 0 fully saturated rings. The fraction of sp³-hybridized carbons (Fsp3) is 0.167. The molecule has 1 amide bonds. The largest absolute Gasteiger partial charge is 0.326 e. The lowest BCUT2D eigenvalue weighted by Gasteiger charge is -2.27. The Labute approximate surface area is 127 Å². The number of amides is 1. The van der Waals surface area contributed by atoms with Crippen LogP contribution in [-0.2, 0) is 6.54 Å². The molecule has 22 heavy (non-hydrogen) atoms. The first kappa shape index (κ1) is 14.3. The van der Waals surface area contributed by atoms with Gasteiger partial charge in [0.2, 0.25) is 0 Å². The second-order valence-electron chi connectivity index (χ2n) is 5.18. The van der Waals surface area contributed by atoms with Gasteiger partial charge in [0.05, 0.1) is 6.04 Å². The van der Waals surface area contributed by atoms with Crippen molar-refractivity contribution in [1.29, 1.82) is 0 Å². The molecule has 4 heteroatoms. The van der Waals surface area contributed by atoms with E-state index in [1.165, 1.54) is 4.90 Å². The van der Waals surface area contributed by atoms with Gasteiger partial charge < -0.3 is 4.90 Å². The van der Waals surface area contributed by atoms with Gasteiger partial charge in [0.25, 0.3) is 5.91 Å². The number of nitrogens with zero attached hydrogens (tertiary/aromatic N) is 1. The molecule has 1 unspecified atom stereocenters. The molecule has 2 aromatic carbocycles. The van der Waals surface area contributed by atoms with Crippen LogP contribution in [0.2, 0.25) is 0 Å². The van der Waals surface area contributed by atoms with Crippen LogP contribution in [-0.4, -0.2) is 10.8 Å². The van der Waals surface area contributed by atoms with Crippen molar-refractivity contribution in [2.75, 3.05) is 0 Å². The lowest BCUT2D eigenvalue weighted by molar-refractivity contribution is 0.0701. The molecule has 1 atom stereocenters. The van der Waals surface area contributed by atoms with Gasteiger partial charge in [-0.05, 0) is 29.8 Å². The molecule has 2 nitrogen and oxygen atoms in total. The minimum Gasteiger partial charge on any atom is -0.326 e. The second kappa shape index (κ2) is 5.61. The van der Waals surface area contributed by atoms with E-state index in [9.17, 15) is 13.6 Å². The molecule has 0 saturated carbocycles. The molecule has 1 heterocycles. The molecule has 1 aliphatic heterocycles. The highest BCUT2D eigenvalue weighted by Crippen LogP contribution is 2.34. The van der Waals surface area contributed by atoms with Gasteiger partial charge in [-0.2, -0.15) is 0 Å². The highest BCUT2D eigenvalue weighted by Gasteiger charge is 2.34. The van der Waals surface area contributed by atoms with Crippen LogP contribution in [0.1, 0.15) is 33.9 Å². The second-order valence-corrected chi connectivity index (χ2v) is 5.18. The van der Waals surface area contributed by atoms with E-state index in [1.807, 2.05) is 12.1 Å². The van der Waals surface area contributed by atoms with E-state index in [1.54, 1.807) is 12.1 Å². The lowest BCUT2D eigenvalue weighted by atomic mass is 10.0. The molecule has 0 aliphatic carbocycles. The normalized spacial score (nSPS) is 14.6. The Morgan fingerprint density at radius 3 is 2.73 bits per heavy atom. The summed E-state index contributed by atoms with van der Waals surface area (Å²) in [6.07, 6.45) is 5.49. The highest BCUT2D eigenvalue weighted by atomic mass is 19.1. The number of carbonyl (C=O) groups is 1. The zero-order valence-electron chi connectivity index (χ0n) is 11.7. The van der Waals surface area contributed by atoms with Gasteiger partial charge >= 0.3 is 0 Å². The number of carbonyl (C=O) groups excluding carboxylic acids is 1. The van der Waals surface area contributed by atoms with Gasteiger partial charge in [-0.3, -0.25) is 4.79 Å². The predicted octanol–water partition coefficient (Wildman–Crippen LogP) is 3.69. The maximum absolute atomic E-state index is 14.1. The zero-order chi connectivity index (χ0) is 15.7. The van der Waals surface area contributed by atoms with Crippen molar-refractivity contribution in [3.05, 3.63) is 70.8 Å². The van der Waals surface area contributed by atoms with Gasteiger partial charge in [0.15, 0.2) is 0 Å². The van der Waals surface area contributed by atoms with Gasteiger partial charge in [-0.15, -0.1) is 12.3 Å². The summed E-state index contributed by atoms with van der Waals surface area (Å²) in [7, 11) is 0. The van der Waals surface area contributed by atoms with Crippen LogP contribution in [0, 0.1) is 24.0 Å². The Bertz CT molecular complexity index is 779. The number of rotatable bonds is 3. The molecule has 0 N–H and O–H groups in total. The van der Waals surface area contributed by atoms with Crippen molar-refractivity contribution in [3.63, 3.8) is 0 Å². The van der Waals surface area contributed by atoms with Crippen LogP contribution in [0.15, 0.2) is 42.5 Å². The topological polar surface area (TPSA) is 20.3 Å². The van der Waals surface area contributed by atoms with Crippen molar-refractivity contribution >= 4 is 5.91 Å². The first-order valence-corrected chi connectivity index (χ1v) is 6.89. The molecule has 0 saturated heterocycles. The van der Waals surface area contributed by atoms with Crippen LogP contribution in [0.25, 0.3) is 0 Å². The van der Waals surface area contributed by atoms with Gasteiger partial charge in [-0.1, -0.05) is 18.2 Å². The molecule has 3 rings (SSSR count). The number of benzene rings is 2. The van der Waals surface area contributed by atoms with E-state index < -0.39 is 17.7 Å². The molecule has 0 aromatic heterocycles. The van der Waals surface area contributed by atoms with Crippen LogP contribution < -0.4 is 0 Å². The average molecular weight is 297 g/mol. The Morgan fingerprint density at radius 1 is 1.23 bits per heavy atom. The quantitative estimate of drug-likeness (QED) is 0.791. The van der Waals surface area contributed by atoms with Crippen LogP contribution in [0.5, 0.6) is 0 Å². The third-order valence-electron chi connectivity index (χ3n) is 3.85. The third-order valence-corrected chi connectivity index (χ3v) is 3.85. The number of halogens is 2. The van der Waals surface area contributed by atoms with E-state index in [-0.39, 0.29) is 17.9 Å². The fourth-order valence-electron chi connectivity index (χ4n) is 2.80. The van der Waals surface area contributed by atoms with E-state index in [2.05, 4.69) is 5.92 Å². The van der Waals surface area contributed by atoms with Gasteiger partial charge in [0, 0.05) is 24.1 Å². The molecule has 110 valence electrons. The summed E-state index contributed by atoms with van der Waals surface area (Å²) in [5.74, 6) is 1.13.